The van der Waals surface area contributed by atoms with Crippen molar-refractivity contribution in [3.8, 4) is 17.2 Å². The normalized spacial score (nSPS) is 14.2. The molecule has 1 aliphatic rings. The quantitative estimate of drug-likeness (QED) is 0.301. The molecule has 0 amide bonds. The second-order valence-corrected chi connectivity index (χ2v) is 10.1. The first kappa shape index (κ1) is 26.1. The number of imidazole rings is 1. The van der Waals surface area contributed by atoms with Crippen LogP contribution in [-0.4, -0.2) is 45.3 Å². The predicted octanol–water partition coefficient (Wildman–Crippen LogP) is 3.71. The van der Waals surface area contributed by atoms with Crippen molar-refractivity contribution in [2.75, 3.05) is 0 Å². The number of carbonyl (C=O) groups excluding carboxylic acids is 1. The number of dihydropyridines is 1. The van der Waals surface area contributed by atoms with E-state index in [4.69, 9.17) is 0 Å². The number of hydrogen-bond donors (Lipinski definition) is 2. The Bertz CT molecular complexity index is 1570. The summed E-state index contributed by atoms with van der Waals surface area (Å²) in [4.78, 5) is 26.7. The highest BCUT2D eigenvalue weighted by atomic mass is 16.2. The van der Waals surface area contributed by atoms with Crippen molar-refractivity contribution in [3.05, 3.63) is 88.5 Å². The van der Waals surface area contributed by atoms with Gasteiger partial charge in [-0.1, -0.05) is 43.7 Å². The van der Waals surface area contributed by atoms with Crippen molar-refractivity contribution in [1.82, 2.24) is 44.9 Å². The lowest BCUT2D eigenvalue weighted by atomic mass is 9.78. The van der Waals surface area contributed by atoms with Crippen molar-refractivity contribution >= 4 is 5.78 Å². The third kappa shape index (κ3) is 4.87. The SMILES string of the molecule is CCCCc1cn(-c2c(C(C)=O)cnn2C(C)C)c(=O)n1CC1(c2cccc(-c3nn[nH]n3)c2)C=CNC=C1. The lowest BCUT2D eigenvalue weighted by molar-refractivity contribution is 0.101. The molecule has 1 aromatic carbocycles. The smallest absolute Gasteiger partial charge is 0.334 e. The van der Waals surface area contributed by atoms with Gasteiger partial charge in [-0.2, -0.15) is 10.3 Å². The standard InChI is InChI=1S/C28H33N9O2/c1-5-6-10-23-17-35(26-24(20(4)38)16-30-37(26)19(2)3)27(39)36(23)18-28(11-13-29-14-12-28)22-9-7-8-21(15-22)25-31-33-34-32-25/h7-9,11-17,19,29H,5-6,10,18H2,1-4H3,(H,31,32,33,34). The zero-order valence-electron chi connectivity index (χ0n) is 22.6. The molecule has 4 aromatic rings. The average molecular weight is 528 g/mol. The molecular formula is C28H33N9O2. The van der Waals surface area contributed by atoms with Crippen molar-refractivity contribution < 1.29 is 4.79 Å². The highest BCUT2D eigenvalue weighted by Gasteiger charge is 2.32. The third-order valence-electron chi connectivity index (χ3n) is 7.09. The minimum Gasteiger partial charge on any atom is -0.368 e. The highest BCUT2D eigenvalue weighted by molar-refractivity contribution is 5.96. The van der Waals surface area contributed by atoms with Gasteiger partial charge in [0.25, 0.3) is 0 Å². The Labute approximate surface area is 226 Å². The number of nitrogens with one attached hydrogen (secondary N) is 2. The van der Waals surface area contributed by atoms with E-state index in [2.05, 4.69) is 50.1 Å². The predicted molar refractivity (Wildman–Crippen MR) is 148 cm³/mol. The molecule has 11 nitrogen and oxygen atoms in total. The number of carbonyl (C=O) groups is 1. The highest BCUT2D eigenvalue weighted by Crippen LogP contribution is 2.34. The molecule has 0 fully saturated rings. The van der Waals surface area contributed by atoms with Gasteiger partial charge < -0.3 is 5.32 Å². The third-order valence-corrected chi connectivity index (χ3v) is 7.09. The van der Waals surface area contributed by atoms with Crippen LogP contribution < -0.4 is 11.0 Å². The lowest BCUT2D eigenvalue weighted by Crippen LogP contribution is -2.36. The minimum absolute atomic E-state index is 0.0306. The number of aryl methyl sites for hydroxylation is 1. The van der Waals surface area contributed by atoms with Crippen LogP contribution in [0.2, 0.25) is 0 Å². The number of nitrogens with zero attached hydrogens (tertiary/aromatic N) is 7. The van der Waals surface area contributed by atoms with E-state index in [-0.39, 0.29) is 17.5 Å². The number of aromatic nitrogens is 8. The van der Waals surface area contributed by atoms with Crippen LogP contribution in [0.25, 0.3) is 17.2 Å². The Morgan fingerprint density at radius 2 is 1.97 bits per heavy atom. The van der Waals surface area contributed by atoms with Gasteiger partial charge >= 0.3 is 5.69 Å². The van der Waals surface area contributed by atoms with Crippen LogP contribution in [-0.2, 0) is 18.4 Å². The first-order valence-electron chi connectivity index (χ1n) is 13.2. The van der Waals surface area contributed by atoms with Crippen LogP contribution in [0.5, 0.6) is 0 Å². The summed E-state index contributed by atoms with van der Waals surface area (Å²) in [5.41, 5.74) is 2.31. The van der Waals surface area contributed by atoms with Crippen molar-refractivity contribution in [1.29, 1.82) is 0 Å². The number of H-pyrrole nitrogens is 1. The number of aromatic amines is 1. The fraction of sp³-hybridized carbons (Fsp3) is 0.357. The summed E-state index contributed by atoms with van der Waals surface area (Å²) >= 11 is 0. The van der Waals surface area contributed by atoms with E-state index in [1.54, 1.807) is 15.4 Å². The first-order chi connectivity index (χ1) is 18.8. The van der Waals surface area contributed by atoms with Crippen molar-refractivity contribution in [2.24, 2.45) is 0 Å². The van der Waals surface area contributed by atoms with Crippen LogP contribution in [0, 0.1) is 0 Å². The number of rotatable bonds is 10. The molecule has 0 saturated heterocycles. The van der Waals surface area contributed by atoms with Gasteiger partial charge in [-0.25, -0.2) is 9.48 Å². The molecule has 1 aliphatic heterocycles. The van der Waals surface area contributed by atoms with Gasteiger partial charge in [0.15, 0.2) is 5.78 Å². The number of ketones is 1. The zero-order valence-corrected chi connectivity index (χ0v) is 22.6. The maximum atomic E-state index is 14.2. The average Bonchev–Trinajstić information content (AvgIpc) is 3.68. The molecule has 3 aromatic heterocycles. The summed E-state index contributed by atoms with van der Waals surface area (Å²) < 4.78 is 5.16. The van der Waals surface area contributed by atoms with E-state index >= 15 is 0 Å². The molecule has 11 heteroatoms. The van der Waals surface area contributed by atoms with E-state index in [1.165, 1.54) is 6.92 Å². The molecule has 4 heterocycles. The molecule has 202 valence electrons. The van der Waals surface area contributed by atoms with E-state index in [9.17, 15) is 9.59 Å². The number of allylic oxidation sites excluding steroid dienone is 2. The van der Waals surface area contributed by atoms with Crippen LogP contribution in [0.3, 0.4) is 0 Å². The Morgan fingerprint density at radius 3 is 2.64 bits per heavy atom. The van der Waals surface area contributed by atoms with Gasteiger partial charge in [0, 0.05) is 30.0 Å². The Morgan fingerprint density at radius 1 is 1.18 bits per heavy atom. The Balaban J connectivity index is 1.66. The summed E-state index contributed by atoms with van der Waals surface area (Å²) in [6.45, 7) is 7.97. The van der Waals surface area contributed by atoms with Crippen LogP contribution in [0.1, 0.15) is 68.2 Å². The zero-order chi connectivity index (χ0) is 27.6. The number of hydrogen-bond acceptors (Lipinski definition) is 7. The van der Waals surface area contributed by atoms with Gasteiger partial charge in [-0.3, -0.25) is 13.9 Å². The van der Waals surface area contributed by atoms with Gasteiger partial charge in [0.2, 0.25) is 5.82 Å². The van der Waals surface area contributed by atoms with Gasteiger partial charge in [-0.15, -0.1) is 10.2 Å². The largest absolute Gasteiger partial charge is 0.368 e. The lowest BCUT2D eigenvalue weighted by Gasteiger charge is -2.31. The number of tetrazole rings is 1. The van der Waals surface area contributed by atoms with E-state index in [0.29, 0.717) is 23.8 Å². The molecule has 0 spiro atoms. The van der Waals surface area contributed by atoms with E-state index < -0.39 is 5.41 Å². The van der Waals surface area contributed by atoms with E-state index in [0.717, 1.165) is 36.1 Å². The van der Waals surface area contributed by atoms with Crippen LogP contribution in [0.4, 0.5) is 0 Å². The van der Waals surface area contributed by atoms with Gasteiger partial charge in [0.1, 0.15) is 5.82 Å². The molecule has 39 heavy (non-hydrogen) atoms. The Hall–Kier alpha value is -4.54. The van der Waals surface area contributed by atoms with E-state index in [1.807, 2.05) is 61.3 Å². The number of Topliss-reactive ketones (excluding diaryl/α,β-unsaturated/α-hetero) is 1. The topological polar surface area (TPSA) is 128 Å². The second kappa shape index (κ2) is 10.7. The minimum atomic E-state index is -0.621. The molecule has 0 atom stereocenters. The molecular weight excluding hydrogens is 494 g/mol. The molecule has 2 N–H and O–H groups in total. The molecule has 0 unspecified atom stereocenters. The summed E-state index contributed by atoms with van der Waals surface area (Å²) in [5.74, 6) is 0.869. The summed E-state index contributed by atoms with van der Waals surface area (Å²) in [6.07, 6.45) is 14.0. The molecule has 0 saturated carbocycles. The van der Waals surface area contributed by atoms with Crippen LogP contribution in [0.15, 0.2) is 66.0 Å². The molecule has 0 bridgehead atoms. The molecule has 0 aliphatic carbocycles. The summed E-state index contributed by atoms with van der Waals surface area (Å²) in [7, 11) is 0. The fourth-order valence-electron chi connectivity index (χ4n) is 5.01. The maximum absolute atomic E-state index is 14.2. The summed E-state index contributed by atoms with van der Waals surface area (Å²) in [6, 6.07) is 7.93. The number of benzene rings is 1. The second-order valence-electron chi connectivity index (χ2n) is 10.1. The number of unbranched alkanes of at least 4 members (excludes halogenated alkanes) is 1. The van der Waals surface area contributed by atoms with Crippen LogP contribution >= 0.6 is 0 Å². The van der Waals surface area contributed by atoms with Gasteiger partial charge in [0.05, 0.1) is 17.2 Å². The first-order valence-corrected chi connectivity index (χ1v) is 13.2. The van der Waals surface area contributed by atoms with Crippen molar-refractivity contribution in [3.63, 3.8) is 0 Å². The monoisotopic (exact) mass is 527 g/mol. The summed E-state index contributed by atoms with van der Waals surface area (Å²) in [5, 5.41) is 22.0. The molecule has 5 rings (SSSR count). The van der Waals surface area contributed by atoms with Gasteiger partial charge in [-0.05, 0) is 62.9 Å². The molecule has 0 radical (unpaired) electrons. The fourth-order valence-corrected chi connectivity index (χ4v) is 5.01. The maximum Gasteiger partial charge on any atom is 0.334 e. The Kier molecular flexibility index (Phi) is 7.14. The van der Waals surface area contributed by atoms with Crippen molar-refractivity contribution in [2.45, 2.75) is 65.0 Å².